The van der Waals surface area contributed by atoms with Gasteiger partial charge in [0.05, 0.1) is 41.9 Å². The topological polar surface area (TPSA) is 112 Å². The number of hydrogen-bond donors (Lipinski definition) is 2. The number of rotatable bonds is 7. The Morgan fingerprint density at radius 3 is 2.59 bits per heavy atom. The molecule has 176 valence electrons. The van der Waals surface area contributed by atoms with E-state index in [0.717, 1.165) is 0 Å². The SMILES string of the molecule is CCOC(=O)C1=C(CSc2nc3ccccc3c(=O)n2-c2ccc(OC)cc2)NC(=O)N[C@@H]1C. The van der Waals surface area contributed by atoms with E-state index in [1.807, 2.05) is 6.07 Å². The smallest absolute Gasteiger partial charge is 0.337 e. The summed E-state index contributed by atoms with van der Waals surface area (Å²) >= 11 is 1.24. The molecule has 3 aromatic rings. The monoisotopic (exact) mass is 480 g/mol. The lowest BCUT2D eigenvalue weighted by molar-refractivity contribution is -0.138. The lowest BCUT2D eigenvalue weighted by atomic mass is 10.1. The number of carbonyl (C=O) groups excluding carboxylic acids is 2. The Morgan fingerprint density at radius 1 is 1.15 bits per heavy atom. The predicted molar refractivity (Wildman–Crippen MR) is 129 cm³/mol. The van der Waals surface area contributed by atoms with Crippen LogP contribution in [0.5, 0.6) is 5.75 Å². The molecule has 0 radical (unpaired) electrons. The highest BCUT2D eigenvalue weighted by molar-refractivity contribution is 7.99. The molecule has 1 aliphatic heterocycles. The van der Waals surface area contributed by atoms with Gasteiger partial charge in [-0.25, -0.2) is 14.6 Å². The number of hydrogen-bond acceptors (Lipinski definition) is 7. The maximum absolute atomic E-state index is 13.4. The van der Waals surface area contributed by atoms with Crippen molar-refractivity contribution in [2.75, 3.05) is 19.5 Å². The van der Waals surface area contributed by atoms with E-state index in [2.05, 4.69) is 10.6 Å². The summed E-state index contributed by atoms with van der Waals surface area (Å²) < 4.78 is 11.9. The third kappa shape index (κ3) is 4.62. The van der Waals surface area contributed by atoms with Crippen molar-refractivity contribution >= 4 is 34.7 Å². The Hall–Kier alpha value is -3.79. The molecule has 2 amide bonds. The molecule has 0 spiro atoms. The highest BCUT2D eigenvalue weighted by Gasteiger charge is 2.30. The first kappa shape index (κ1) is 23.4. The fourth-order valence-electron chi connectivity index (χ4n) is 3.70. The molecule has 9 nitrogen and oxygen atoms in total. The van der Waals surface area contributed by atoms with Gasteiger partial charge in [-0.2, -0.15) is 0 Å². The molecule has 0 saturated carbocycles. The van der Waals surface area contributed by atoms with Gasteiger partial charge >= 0.3 is 12.0 Å². The van der Waals surface area contributed by atoms with Crippen molar-refractivity contribution in [2.24, 2.45) is 0 Å². The summed E-state index contributed by atoms with van der Waals surface area (Å²) in [7, 11) is 1.57. The number of methoxy groups -OCH3 is 1. The van der Waals surface area contributed by atoms with E-state index in [1.165, 1.54) is 16.3 Å². The molecule has 4 rings (SSSR count). The number of aromatic nitrogens is 2. The minimum absolute atomic E-state index is 0.201. The van der Waals surface area contributed by atoms with Gasteiger partial charge in [-0.1, -0.05) is 23.9 Å². The van der Waals surface area contributed by atoms with E-state index in [9.17, 15) is 14.4 Å². The Kier molecular flexibility index (Phi) is 6.87. The first-order valence-corrected chi connectivity index (χ1v) is 11.7. The van der Waals surface area contributed by atoms with Crippen molar-refractivity contribution < 1.29 is 19.1 Å². The first-order chi connectivity index (χ1) is 16.4. The summed E-state index contributed by atoms with van der Waals surface area (Å²) in [6.45, 7) is 3.66. The standard InChI is InChI=1S/C24H24N4O5S/c1-4-33-22(30)20-14(2)25-23(31)26-19(20)13-34-24-27-18-8-6-5-7-17(18)21(29)28(24)15-9-11-16(32-3)12-10-15/h5-12,14H,4,13H2,1-3H3,(H2,25,26,31)/t14-/m1/s1. The Balaban J connectivity index is 1.79. The van der Waals surface area contributed by atoms with Crippen LogP contribution in [0.25, 0.3) is 16.6 Å². The van der Waals surface area contributed by atoms with E-state index in [4.69, 9.17) is 14.5 Å². The van der Waals surface area contributed by atoms with Gasteiger partial charge < -0.3 is 20.1 Å². The van der Waals surface area contributed by atoms with Gasteiger partial charge in [0.1, 0.15) is 5.75 Å². The maximum Gasteiger partial charge on any atom is 0.337 e. The van der Waals surface area contributed by atoms with Gasteiger partial charge in [0.25, 0.3) is 5.56 Å². The molecule has 2 N–H and O–H groups in total. The van der Waals surface area contributed by atoms with Gasteiger partial charge in [-0.15, -0.1) is 0 Å². The largest absolute Gasteiger partial charge is 0.497 e. The number of nitrogens with zero attached hydrogens (tertiary/aromatic N) is 2. The van der Waals surface area contributed by atoms with Crippen molar-refractivity contribution in [3.63, 3.8) is 0 Å². The molecule has 1 aromatic heterocycles. The lowest BCUT2D eigenvalue weighted by Crippen LogP contribution is -2.49. The minimum atomic E-state index is -0.517. The lowest BCUT2D eigenvalue weighted by Gasteiger charge is -2.26. The third-order valence-corrected chi connectivity index (χ3v) is 6.25. The number of ether oxygens (including phenoxy) is 2. The molecular formula is C24H24N4O5S. The number of esters is 1. The van der Waals surface area contributed by atoms with E-state index in [-0.39, 0.29) is 17.9 Å². The van der Waals surface area contributed by atoms with E-state index >= 15 is 0 Å². The summed E-state index contributed by atoms with van der Waals surface area (Å²) in [5.74, 6) is 0.361. The molecule has 1 atom stereocenters. The van der Waals surface area contributed by atoms with Gasteiger partial charge in [-0.3, -0.25) is 9.36 Å². The number of nitrogens with one attached hydrogen (secondary N) is 2. The maximum atomic E-state index is 13.4. The van der Waals surface area contributed by atoms with Crippen molar-refractivity contribution in [1.82, 2.24) is 20.2 Å². The highest BCUT2D eigenvalue weighted by Crippen LogP contribution is 2.26. The Labute approximate surface area is 200 Å². The van der Waals surface area contributed by atoms with Crippen molar-refractivity contribution in [3.8, 4) is 11.4 Å². The number of para-hydroxylation sites is 1. The fourth-order valence-corrected chi connectivity index (χ4v) is 4.68. The van der Waals surface area contributed by atoms with Crippen molar-refractivity contribution in [1.29, 1.82) is 0 Å². The zero-order valence-corrected chi connectivity index (χ0v) is 19.8. The number of carbonyl (C=O) groups is 2. The number of amides is 2. The number of fused-ring (bicyclic) bond motifs is 1. The van der Waals surface area contributed by atoms with Gasteiger partial charge in [0.2, 0.25) is 0 Å². The molecule has 1 aliphatic rings. The van der Waals surface area contributed by atoms with Crippen molar-refractivity contribution in [2.45, 2.75) is 25.0 Å². The summed E-state index contributed by atoms with van der Waals surface area (Å²) in [4.78, 5) is 42.8. The summed E-state index contributed by atoms with van der Waals surface area (Å²) in [5, 5.41) is 6.29. The van der Waals surface area contributed by atoms with Crippen LogP contribution < -0.4 is 20.9 Å². The zero-order chi connectivity index (χ0) is 24.2. The van der Waals surface area contributed by atoms with Crippen LogP contribution in [0.15, 0.2) is 69.8 Å². The molecule has 0 aliphatic carbocycles. The van der Waals surface area contributed by atoms with Crippen LogP contribution in [0.2, 0.25) is 0 Å². The molecule has 10 heteroatoms. The second kappa shape index (κ2) is 10.0. The molecule has 0 bridgehead atoms. The van der Waals surface area contributed by atoms with Crippen LogP contribution in [0.4, 0.5) is 4.79 Å². The Bertz CT molecular complexity index is 1330. The molecule has 0 unspecified atom stereocenters. The first-order valence-electron chi connectivity index (χ1n) is 10.7. The molecule has 34 heavy (non-hydrogen) atoms. The number of thioether (sulfide) groups is 1. The zero-order valence-electron chi connectivity index (χ0n) is 19.0. The summed E-state index contributed by atoms with van der Waals surface area (Å²) in [5.41, 5.74) is 1.72. The van der Waals surface area contributed by atoms with E-state index in [0.29, 0.717) is 38.8 Å². The molecule has 0 fully saturated rings. The van der Waals surface area contributed by atoms with Gasteiger partial charge in [0.15, 0.2) is 5.16 Å². The van der Waals surface area contributed by atoms with E-state index < -0.39 is 18.0 Å². The third-order valence-electron chi connectivity index (χ3n) is 5.29. The summed E-state index contributed by atoms with van der Waals surface area (Å²) in [6.07, 6.45) is 0. The predicted octanol–water partition coefficient (Wildman–Crippen LogP) is 3.00. The van der Waals surface area contributed by atoms with Crippen LogP contribution in [0.1, 0.15) is 13.8 Å². The van der Waals surface area contributed by atoms with Crippen LogP contribution in [0, 0.1) is 0 Å². The highest BCUT2D eigenvalue weighted by atomic mass is 32.2. The summed E-state index contributed by atoms with van der Waals surface area (Å²) in [6, 6.07) is 13.3. The average Bonchev–Trinajstić information content (AvgIpc) is 2.82. The molecule has 0 saturated heterocycles. The van der Waals surface area contributed by atoms with Gasteiger partial charge in [-0.05, 0) is 50.2 Å². The quantitative estimate of drug-likeness (QED) is 0.304. The van der Waals surface area contributed by atoms with Crippen LogP contribution in [-0.2, 0) is 9.53 Å². The van der Waals surface area contributed by atoms with Crippen LogP contribution in [-0.4, -0.2) is 47.1 Å². The average molecular weight is 481 g/mol. The minimum Gasteiger partial charge on any atom is -0.497 e. The molecule has 2 heterocycles. The fraction of sp³-hybridized carbons (Fsp3) is 0.250. The number of urea groups is 1. The normalized spacial score (nSPS) is 15.6. The second-order valence-electron chi connectivity index (χ2n) is 7.47. The van der Waals surface area contributed by atoms with E-state index in [1.54, 1.807) is 63.4 Å². The van der Waals surface area contributed by atoms with Crippen molar-refractivity contribution in [3.05, 3.63) is 70.2 Å². The Morgan fingerprint density at radius 2 is 1.88 bits per heavy atom. The molecule has 2 aromatic carbocycles. The van der Waals surface area contributed by atoms with Crippen LogP contribution >= 0.6 is 11.8 Å². The molecular weight excluding hydrogens is 456 g/mol. The van der Waals surface area contributed by atoms with Gasteiger partial charge in [0, 0.05) is 11.4 Å². The van der Waals surface area contributed by atoms with Crippen LogP contribution in [0.3, 0.4) is 0 Å². The number of benzene rings is 2. The second-order valence-corrected chi connectivity index (χ2v) is 8.41.